The molecule has 7 heteroatoms. The molecule has 1 saturated heterocycles. The van der Waals surface area contributed by atoms with Gasteiger partial charge in [-0.2, -0.15) is 0 Å². The minimum absolute atomic E-state index is 0.250. The van der Waals surface area contributed by atoms with Gasteiger partial charge in [0.15, 0.2) is 11.6 Å². The highest BCUT2D eigenvalue weighted by Crippen LogP contribution is 2.30. The Labute approximate surface area is 144 Å². The van der Waals surface area contributed by atoms with Crippen molar-refractivity contribution >= 4 is 6.03 Å². The summed E-state index contributed by atoms with van der Waals surface area (Å²) in [6.07, 6.45) is 3.46. The standard InChI is InChI=1S/C18H19F2N3O2/c1-23(11-12-4-7-21-8-5-12)18(24)22-16-6-9-25-17(16)13-2-3-14(19)15(20)10-13/h2-5,7-8,10,16-17H,6,9,11H2,1H3,(H,22,24)/t16-,17-/m1/s1. The average Bonchev–Trinajstić information content (AvgIpc) is 3.06. The number of ether oxygens (including phenoxy) is 1. The van der Waals surface area contributed by atoms with Crippen molar-refractivity contribution in [2.45, 2.75) is 25.1 Å². The summed E-state index contributed by atoms with van der Waals surface area (Å²) in [6, 6.07) is 6.80. The van der Waals surface area contributed by atoms with Crippen molar-refractivity contribution in [3.8, 4) is 0 Å². The number of benzene rings is 1. The molecule has 0 unspecified atom stereocenters. The second-order valence-electron chi connectivity index (χ2n) is 6.02. The minimum atomic E-state index is -0.923. The van der Waals surface area contributed by atoms with E-state index in [2.05, 4.69) is 10.3 Å². The quantitative estimate of drug-likeness (QED) is 0.925. The van der Waals surface area contributed by atoms with E-state index in [1.807, 2.05) is 12.1 Å². The Morgan fingerprint density at radius 1 is 1.28 bits per heavy atom. The van der Waals surface area contributed by atoms with E-state index in [1.165, 1.54) is 6.07 Å². The lowest BCUT2D eigenvalue weighted by Crippen LogP contribution is -2.43. The van der Waals surface area contributed by atoms with E-state index in [9.17, 15) is 13.6 Å². The van der Waals surface area contributed by atoms with Crippen LogP contribution >= 0.6 is 0 Å². The van der Waals surface area contributed by atoms with Gasteiger partial charge in [0, 0.05) is 32.6 Å². The first kappa shape index (κ1) is 17.3. The fourth-order valence-corrected chi connectivity index (χ4v) is 2.86. The first-order chi connectivity index (χ1) is 12.0. The Morgan fingerprint density at radius 2 is 2.04 bits per heavy atom. The number of nitrogens with zero attached hydrogens (tertiary/aromatic N) is 2. The summed E-state index contributed by atoms with van der Waals surface area (Å²) in [5, 5.41) is 2.91. The monoisotopic (exact) mass is 347 g/mol. The molecule has 1 aliphatic heterocycles. The number of amides is 2. The van der Waals surface area contributed by atoms with Gasteiger partial charge < -0.3 is 15.0 Å². The molecule has 25 heavy (non-hydrogen) atoms. The molecule has 1 aromatic carbocycles. The molecule has 0 saturated carbocycles. The summed E-state index contributed by atoms with van der Waals surface area (Å²) in [6.45, 7) is 0.889. The summed E-state index contributed by atoms with van der Waals surface area (Å²) in [5.41, 5.74) is 1.48. The van der Waals surface area contributed by atoms with Crippen LogP contribution in [0.15, 0.2) is 42.7 Å². The fraction of sp³-hybridized carbons (Fsp3) is 0.333. The molecule has 2 amide bonds. The van der Waals surface area contributed by atoms with Gasteiger partial charge in [0.1, 0.15) is 6.10 Å². The van der Waals surface area contributed by atoms with Gasteiger partial charge in [-0.15, -0.1) is 0 Å². The van der Waals surface area contributed by atoms with E-state index in [0.29, 0.717) is 25.1 Å². The largest absolute Gasteiger partial charge is 0.371 e. The van der Waals surface area contributed by atoms with E-state index < -0.39 is 17.7 Å². The summed E-state index contributed by atoms with van der Waals surface area (Å²) >= 11 is 0. The first-order valence-corrected chi connectivity index (χ1v) is 8.01. The molecule has 0 bridgehead atoms. The molecule has 1 aromatic heterocycles. The van der Waals surface area contributed by atoms with Crippen LogP contribution in [-0.2, 0) is 11.3 Å². The van der Waals surface area contributed by atoms with Crippen molar-refractivity contribution in [3.63, 3.8) is 0 Å². The number of pyridine rings is 1. The smallest absolute Gasteiger partial charge is 0.317 e. The van der Waals surface area contributed by atoms with Crippen LogP contribution in [0.4, 0.5) is 13.6 Å². The van der Waals surface area contributed by atoms with Crippen molar-refractivity contribution in [1.29, 1.82) is 0 Å². The zero-order chi connectivity index (χ0) is 17.8. The highest BCUT2D eigenvalue weighted by molar-refractivity contribution is 5.74. The van der Waals surface area contributed by atoms with Crippen LogP contribution in [0.1, 0.15) is 23.7 Å². The van der Waals surface area contributed by atoms with Crippen molar-refractivity contribution in [1.82, 2.24) is 15.2 Å². The zero-order valence-electron chi connectivity index (χ0n) is 13.8. The van der Waals surface area contributed by atoms with Crippen LogP contribution in [0.25, 0.3) is 0 Å². The van der Waals surface area contributed by atoms with E-state index in [0.717, 1.165) is 17.7 Å². The van der Waals surface area contributed by atoms with Crippen LogP contribution < -0.4 is 5.32 Å². The molecular weight excluding hydrogens is 328 g/mol. The van der Waals surface area contributed by atoms with Crippen molar-refractivity contribution in [3.05, 3.63) is 65.5 Å². The van der Waals surface area contributed by atoms with Crippen LogP contribution in [0.5, 0.6) is 0 Å². The number of hydrogen-bond donors (Lipinski definition) is 1. The van der Waals surface area contributed by atoms with Crippen LogP contribution in [0, 0.1) is 11.6 Å². The van der Waals surface area contributed by atoms with E-state index in [4.69, 9.17) is 4.74 Å². The molecule has 0 radical (unpaired) electrons. The number of carbonyl (C=O) groups excluding carboxylic acids is 1. The Morgan fingerprint density at radius 3 is 2.76 bits per heavy atom. The molecule has 5 nitrogen and oxygen atoms in total. The Kier molecular flexibility index (Phi) is 5.23. The molecule has 132 valence electrons. The van der Waals surface area contributed by atoms with E-state index in [1.54, 1.807) is 24.3 Å². The highest BCUT2D eigenvalue weighted by atomic mass is 19.2. The maximum absolute atomic E-state index is 13.5. The molecule has 1 aliphatic rings. The van der Waals surface area contributed by atoms with Crippen LogP contribution in [-0.4, -0.2) is 35.6 Å². The minimum Gasteiger partial charge on any atom is -0.371 e. The summed E-state index contributed by atoms with van der Waals surface area (Å²) < 4.78 is 32.2. The van der Waals surface area contributed by atoms with Gasteiger partial charge in [-0.05, 0) is 41.8 Å². The lowest BCUT2D eigenvalue weighted by atomic mass is 10.0. The van der Waals surface area contributed by atoms with Gasteiger partial charge in [-0.1, -0.05) is 6.07 Å². The fourth-order valence-electron chi connectivity index (χ4n) is 2.86. The normalized spacial score (nSPS) is 19.6. The summed E-state index contributed by atoms with van der Waals surface area (Å²) in [5.74, 6) is -1.83. The maximum Gasteiger partial charge on any atom is 0.317 e. The zero-order valence-corrected chi connectivity index (χ0v) is 13.8. The molecule has 2 heterocycles. The molecule has 1 N–H and O–H groups in total. The predicted octanol–water partition coefficient (Wildman–Crippen LogP) is 3.03. The number of hydrogen-bond acceptors (Lipinski definition) is 3. The predicted molar refractivity (Wildman–Crippen MR) is 87.7 cm³/mol. The number of nitrogens with one attached hydrogen (secondary N) is 1. The van der Waals surface area contributed by atoms with Crippen molar-refractivity contribution in [2.75, 3.05) is 13.7 Å². The lowest BCUT2D eigenvalue weighted by molar-refractivity contribution is 0.0980. The Balaban J connectivity index is 1.64. The number of aromatic nitrogens is 1. The third kappa shape index (κ3) is 4.11. The molecule has 1 fully saturated rings. The molecule has 0 spiro atoms. The lowest BCUT2D eigenvalue weighted by Gasteiger charge is -2.24. The molecule has 3 rings (SSSR count). The van der Waals surface area contributed by atoms with E-state index in [-0.39, 0.29) is 12.1 Å². The topological polar surface area (TPSA) is 54.5 Å². The highest BCUT2D eigenvalue weighted by Gasteiger charge is 2.32. The summed E-state index contributed by atoms with van der Waals surface area (Å²) in [7, 11) is 1.69. The number of urea groups is 1. The summed E-state index contributed by atoms with van der Waals surface area (Å²) in [4.78, 5) is 17.9. The van der Waals surface area contributed by atoms with Crippen molar-refractivity contribution < 1.29 is 18.3 Å². The average molecular weight is 347 g/mol. The van der Waals surface area contributed by atoms with Gasteiger partial charge in [0.2, 0.25) is 0 Å². The Bertz CT molecular complexity index is 742. The van der Waals surface area contributed by atoms with Crippen LogP contribution in [0.3, 0.4) is 0 Å². The van der Waals surface area contributed by atoms with Gasteiger partial charge in [-0.3, -0.25) is 4.98 Å². The van der Waals surface area contributed by atoms with Crippen molar-refractivity contribution in [2.24, 2.45) is 0 Å². The molecular formula is C18H19F2N3O2. The third-order valence-corrected chi connectivity index (χ3v) is 4.19. The number of halogens is 2. The van der Waals surface area contributed by atoms with Gasteiger partial charge >= 0.3 is 6.03 Å². The second kappa shape index (κ2) is 7.57. The molecule has 2 atom stereocenters. The van der Waals surface area contributed by atoms with Crippen LogP contribution in [0.2, 0.25) is 0 Å². The number of rotatable bonds is 4. The first-order valence-electron chi connectivity index (χ1n) is 8.01. The van der Waals surface area contributed by atoms with Gasteiger partial charge in [0.25, 0.3) is 0 Å². The van der Waals surface area contributed by atoms with Gasteiger partial charge in [0.05, 0.1) is 6.04 Å². The second-order valence-corrected chi connectivity index (χ2v) is 6.02. The Hall–Kier alpha value is -2.54. The third-order valence-electron chi connectivity index (χ3n) is 4.19. The number of carbonyl (C=O) groups is 1. The maximum atomic E-state index is 13.5. The molecule has 2 aromatic rings. The van der Waals surface area contributed by atoms with E-state index >= 15 is 0 Å². The SMILES string of the molecule is CN(Cc1ccncc1)C(=O)N[C@@H]1CCO[C@@H]1c1ccc(F)c(F)c1. The molecule has 0 aliphatic carbocycles. The van der Waals surface area contributed by atoms with Gasteiger partial charge in [-0.25, -0.2) is 13.6 Å².